The van der Waals surface area contributed by atoms with Crippen LogP contribution >= 0.6 is 0 Å². The fraction of sp³-hybridized carbons (Fsp3) is 0.900. The number of sulfonamides is 1. The molecular weight excluding hydrogens is 230 g/mol. The molecule has 94 valence electrons. The summed E-state index contributed by atoms with van der Waals surface area (Å²) in [5, 5.41) is 0. The van der Waals surface area contributed by atoms with E-state index in [0.29, 0.717) is 32.7 Å². The number of hydrogen-bond acceptors (Lipinski definition) is 4. The van der Waals surface area contributed by atoms with E-state index in [1.807, 2.05) is 6.92 Å². The van der Waals surface area contributed by atoms with Gasteiger partial charge in [0.15, 0.2) is 0 Å². The number of carbonyl (C=O) groups is 1. The van der Waals surface area contributed by atoms with Crippen LogP contribution in [0.1, 0.15) is 26.2 Å². The van der Waals surface area contributed by atoms with Gasteiger partial charge in [-0.3, -0.25) is 4.79 Å². The average Bonchev–Trinajstić information content (AvgIpc) is 2.28. The van der Waals surface area contributed by atoms with Crippen molar-refractivity contribution in [1.29, 1.82) is 0 Å². The molecule has 16 heavy (non-hydrogen) atoms. The highest BCUT2D eigenvalue weighted by Gasteiger charge is 2.24. The predicted octanol–water partition coefficient (Wildman–Crippen LogP) is 0.408. The second-order valence-electron chi connectivity index (χ2n) is 3.87. The fourth-order valence-electron chi connectivity index (χ4n) is 1.60. The number of ketones is 1. The van der Waals surface area contributed by atoms with Gasteiger partial charge in [0.2, 0.25) is 10.0 Å². The van der Waals surface area contributed by atoms with E-state index >= 15 is 0 Å². The maximum absolute atomic E-state index is 11.8. The first-order chi connectivity index (χ1) is 7.56. The second kappa shape index (κ2) is 6.32. The Balaban J connectivity index is 2.41. The minimum absolute atomic E-state index is 0.0272. The molecule has 1 fully saturated rings. The highest BCUT2D eigenvalue weighted by Crippen LogP contribution is 2.08. The summed E-state index contributed by atoms with van der Waals surface area (Å²) in [6.45, 7) is 3.62. The van der Waals surface area contributed by atoms with Crippen molar-refractivity contribution in [2.24, 2.45) is 0 Å². The molecule has 0 amide bonds. The van der Waals surface area contributed by atoms with E-state index in [0.717, 1.165) is 6.42 Å². The van der Waals surface area contributed by atoms with Crippen molar-refractivity contribution in [3.8, 4) is 0 Å². The molecule has 0 aliphatic carbocycles. The van der Waals surface area contributed by atoms with Gasteiger partial charge in [0.1, 0.15) is 5.78 Å². The Bertz CT molecular complexity index is 320. The van der Waals surface area contributed by atoms with Crippen LogP contribution in [0, 0.1) is 0 Å². The SMILES string of the molecule is CCCC(=O)CCS(=O)(=O)N1CCOCC1. The van der Waals surface area contributed by atoms with Crippen molar-refractivity contribution in [1.82, 2.24) is 4.31 Å². The molecule has 0 aromatic carbocycles. The highest BCUT2D eigenvalue weighted by atomic mass is 32.2. The van der Waals surface area contributed by atoms with E-state index in [1.165, 1.54) is 4.31 Å². The Morgan fingerprint density at radius 3 is 2.44 bits per heavy atom. The summed E-state index contributed by atoms with van der Waals surface area (Å²) in [5.74, 6) is -0.0365. The van der Waals surface area contributed by atoms with Crippen molar-refractivity contribution < 1.29 is 17.9 Å². The molecule has 0 radical (unpaired) electrons. The van der Waals surface area contributed by atoms with E-state index < -0.39 is 10.0 Å². The zero-order valence-corrected chi connectivity index (χ0v) is 10.5. The fourth-order valence-corrected chi connectivity index (χ4v) is 3.05. The average molecular weight is 249 g/mol. The molecule has 0 bridgehead atoms. The molecule has 0 saturated carbocycles. The molecule has 0 aromatic rings. The van der Waals surface area contributed by atoms with Crippen LogP contribution in [-0.2, 0) is 19.6 Å². The van der Waals surface area contributed by atoms with E-state index in [9.17, 15) is 13.2 Å². The van der Waals surface area contributed by atoms with Crippen molar-refractivity contribution in [3.63, 3.8) is 0 Å². The maximum Gasteiger partial charge on any atom is 0.214 e. The molecule has 0 atom stereocenters. The Labute approximate surface area is 96.8 Å². The molecule has 5 nitrogen and oxygen atoms in total. The quantitative estimate of drug-likeness (QED) is 0.684. The molecule has 1 rings (SSSR count). The number of ether oxygens (including phenoxy) is 1. The summed E-state index contributed by atoms with van der Waals surface area (Å²) in [6, 6.07) is 0. The zero-order valence-electron chi connectivity index (χ0n) is 9.65. The van der Waals surface area contributed by atoms with Crippen molar-refractivity contribution in [2.75, 3.05) is 32.1 Å². The van der Waals surface area contributed by atoms with Gasteiger partial charge in [0.25, 0.3) is 0 Å². The van der Waals surface area contributed by atoms with Crippen LogP contribution in [0.3, 0.4) is 0 Å². The minimum atomic E-state index is -3.26. The van der Waals surface area contributed by atoms with Gasteiger partial charge in [-0.25, -0.2) is 8.42 Å². The largest absolute Gasteiger partial charge is 0.379 e. The molecule has 1 aliphatic rings. The Kier molecular flexibility index (Phi) is 5.37. The molecule has 0 spiro atoms. The van der Waals surface area contributed by atoms with Gasteiger partial charge >= 0.3 is 0 Å². The number of Topliss-reactive ketones (excluding diaryl/α,β-unsaturated/α-hetero) is 1. The lowest BCUT2D eigenvalue weighted by Crippen LogP contribution is -2.42. The standard InChI is InChI=1S/C10H19NO4S/c1-2-3-10(12)4-9-16(13,14)11-5-7-15-8-6-11/h2-9H2,1H3. The number of hydrogen-bond donors (Lipinski definition) is 0. The van der Waals surface area contributed by atoms with Gasteiger partial charge in [-0.2, -0.15) is 4.31 Å². The predicted molar refractivity (Wildman–Crippen MR) is 60.7 cm³/mol. The van der Waals surface area contributed by atoms with Gasteiger partial charge in [0, 0.05) is 25.9 Å². The van der Waals surface area contributed by atoms with Crippen LogP contribution in [0.5, 0.6) is 0 Å². The zero-order chi connectivity index (χ0) is 12.0. The van der Waals surface area contributed by atoms with Crippen LogP contribution in [0.15, 0.2) is 0 Å². The monoisotopic (exact) mass is 249 g/mol. The van der Waals surface area contributed by atoms with E-state index in [1.54, 1.807) is 0 Å². The molecule has 1 heterocycles. The van der Waals surface area contributed by atoms with E-state index in [-0.39, 0.29) is 18.0 Å². The molecule has 0 aromatic heterocycles. The number of carbonyl (C=O) groups excluding carboxylic acids is 1. The first-order valence-electron chi connectivity index (χ1n) is 5.63. The van der Waals surface area contributed by atoms with Crippen LogP contribution in [0.4, 0.5) is 0 Å². The molecule has 1 saturated heterocycles. The number of morpholine rings is 1. The van der Waals surface area contributed by atoms with Gasteiger partial charge < -0.3 is 4.74 Å². The third-order valence-electron chi connectivity index (χ3n) is 2.53. The molecule has 6 heteroatoms. The van der Waals surface area contributed by atoms with E-state index in [4.69, 9.17) is 4.74 Å². The van der Waals surface area contributed by atoms with Crippen molar-refractivity contribution >= 4 is 15.8 Å². The first kappa shape index (κ1) is 13.6. The topological polar surface area (TPSA) is 63.7 Å². The Morgan fingerprint density at radius 1 is 1.25 bits per heavy atom. The number of rotatable bonds is 6. The lowest BCUT2D eigenvalue weighted by molar-refractivity contribution is -0.118. The van der Waals surface area contributed by atoms with Crippen LogP contribution < -0.4 is 0 Å². The van der Waals surface area contributed by atoms with Gasteiger partial charge in [-0.1, -0.05) is 6.92 Å². The van der Waals surface area contributed by atoms with E-state index in [2.05, 4.69) is 0 Å². The summed E-state index contributed by atoms with van der Waals surface area (Å²) in [5.41, 5.74) is 0. The summed E-state index contributed by atoms with van der Waals surface area (Å²) >= 11 is 0. The molecular formula is C10H19NO4S. The third kappa shape index (κ3) is 4.19. The Hall–Kier alpha value is -0.460. The minimum Gasteiger partial charge on any atom is -0.379 e. The second-order valence-corrected chi connectivity index (χ2v) is 5.95. The summed E-state index contributed by atoms with van der Waals surface area (Å²) in [4.78, 5) is 11.3. The third-order valence-corrected chi connectivity index (χ3v) is 4.40. The van der Waals surface area contributed by atoms with Gasteiger partial charge in [-0.15, -0.1) is 0 Å². The first-order valence-corrected chi connectivity index (χ1v) is 7.24. The van der Waals surface area contributed by atoms with Crippen LogP contribution in [-0.4, -0.2) is 50.6 Å². The summed E-state index contributed by atoms with van der Waals surface area (Å²) < 4.78 is 30.1. The van der Waals surface area contributed by atoms with Gasteiger partial charge in [0.05, 0.1) is 19.0 Å². The van der Waals surface area contributed by atoms with Crippen LogP contribution in [0.2, 0.25) is 0 Å². The number of nitrogens with zero attached hydrogens (tertiary/aromatic N) is 1. The Morgan fingerprint density at radius 2 is 1.88 bits per heavy atom. The maximum atomic E-state index is 11.8. The normalized spacial score (nSPS) is 18.6. The van der Waals surface area contributed by atoms with Crippen LogP contribution in [0.25, 0.3) is 0 Å². The van der Waals surface area contributed by atoms with Gasteiger partial charge in [-0.05, 0) is 6.42 Å². The molecule has 1 aliphatic heterocycles. The lowest BCUT2D eigenvalue weighted by Gasteiger charge is -2.25. The summed E-state index contributed by atoms with van der Waals surface area (Å²) in [7, 11) is -3.26. The molecule has 0 N–H and O–H groups in total. The van der Waals surface area contributed by atoms with Crippen molar-refractivity contribution in [2.45, 2.75) is 26.2 Å². The summed E-state index contributed by atoms with van der Waals surface area (Å²) in [6.07, 6.45) is 1.38. The smallest absolute Gasteiger partial charge is 0.214 e. The van der Waals surface area contributed by atoms with Crippen molar-refractivity contribution in [3.05, 3.63) is 0 Å². The lowest BCUT2D eigenvalue weighted by atomic mass is 10.2. The highest BCUT2D eigenvalue weighted by molar-refractivity contribution is 7.89. The molecule has 0 unspecified atom stereocenters.